The Bertz CT molecular complexity index is 1450. The molecule has 5 aliphatic rings. The fourth-order valence-electron chi connectivity index (χ4n) is 7.25. The van der Waals surface area contributed by atoms with Crippen molar-refractivity contribution in [1.29, 1.82) is 5.26 Å². The quantitative estimate of drug-likeness (QED) is 0.486. The van der Waals surface area contributed by atoms with Crippen LogP contribution in [0.4, 0.5) is 5.69 Å². The third-order valence-corrected chi connectivity index (χ3v) is 9.45. The Hall–Kier alpha value is -3.25. The summed E-state index contributed by atoms with van der Waals surface area (Å²) in [4.78, 5) is 15.9. The van der Waals surface area contributed by atoms with Crippen molar-refractivity contribution in [3.05, 3.63) is 63.4 Å². The Kier molecular flexibility index (Phi) is 4.73. The Labute approximate surface area is 218 Å². The first-order chi connectivity index (χ1) is 17.8. The molecular weight excluding hydrogens is 494 g/mol. The number of nitriles is 1. The van der Waals surface area contributed by atoms with Gasteiger partial charge in [0.25, 0.3) is 5.91 Å². The van der Waals surface area contributed by atoms with Crippen molar-refractivity contribution in [2.75, 3.05) is 18.4 Å². The van der Waals surface area contributed by atoms with E-state index in [9.17, 15) is 20.1 Å². The van der Waals surface area contributed by atoms with Crippen LogP contribution in [0.15, 0.2) is 41.7 Å². The lowest BCUT2D eigenvalue weighted by atomic mass is 9.49. The molecular formula is C28H26ClN3O5. The Morgan fingerprint density at radius 2 is 2.08 bits per heavy atom. The molecule has 1 amide bonds. The first kappa shape index (κ1) is 22.9. The number of nitrogens with zero attached hydrogens (tertiary/aromatic N) is 2. The highest BCUT2D eigenvalue weighted by molar-refractivity contribution is 6.34. The van der Waals surface area contributed by atoms with Gasteiger partial charge in [0.15, 0.2) is 17.6 Å². The second-order valence-corrected chi connectivity index (χ2v) is 11.5. The molecule has 2 heterocycles. The fraction of sp³-hybridized carbons (Fsp3) is 0.429. The van der Waals surface area contributed by atoms with E-state index in [4.69, 9.17) is 21.6 Å². The molecule has 8 nitrogen and oxygen atoms in total. The molecule has 37 heavy (non-hydrogen) atoms. The minimum atomic E-state index is -1.38. The normalized spacial score (nSPS) is 31.4. The number of likely N-dealkylation sites (tertiary alicyclic amines) is 1. The molecule has 7 rings (SSSR count). The van der Waals surface area contributed by atoms with Crippen molar-refractivity contribution in [2.24, 2.45) is 5.92 Å². The summed E-state index contributed by atoms with van der Waals surface area (Å²) in [7, 11) is 0. The van der Waals surface area contributed by atoms with Gasteiger partial charge >= 0.3 is 0 Å². The largest absolute Gasteiger partial charge is 0.508 e. The first-order valence-corrected chi connectivity index (χ1v) is 13.1. The lowest BCUT2D eigenvalue weighted by molar-refractivity contribution is -0.172. The van der Waals surface area contributed by atoms with Gasteiger partial charge in [-0.3, -0.25) is 9.69 Å². The number of carbonyl (C=O) groups is 1. The van der Waals surface area contributed by atoms with E-state index in [2.05, 4.69) is 10.2 Å². The minimum absolute atomic E-state index is 0.0353. The number of hydrogen-bond donors (Lipinski definition) is 4. The number of nitrogens with one attached hydrogen (secondary N) is 1. The predicted octanol–water partition coefficient (Wildman–Crippen LogP) is 3.54. The molecule has 190 valence electrons. The standard InChI is InChI=1S/C28H26ClN3O5/c29-18-9-15(12-30)3-5-19(18)31-26(35)17-11-28(36)21-10-16-4-6-20(33)24-22(16)27(28,25(37-24)23(17)34)7-8-32(21)13-14-1-2-14/h3-6,9,14,21,25,33-34,36H,1-2,7-8,10-11,13H2,(H,31,35)/t21-,25+,27+,28-/m1/s1. The van der Waals surface area contributed by atoms with Gasteiger partial charge in [-0.1, -0.05) is 17.7 Å². The maximum absolute atomic E-state index is 13.5. The molecule has 2 aromatic rings. The number of amides is 1. The predicted molar refractivity (Wildman–Crippen MR) is 135 cm³/mol. The van der Waals surface area contributed by atoms with Crippen LogP contribution in [-0.4, -0.2) is 57.0 Å². The third-order valence-electron chi connectivity index (χ3n) is 9.14. The highest BCUT2D eigenvalue weighted by atomic mass is 35.5. The van der Waals surface area contributed by atoms with E-state index in [0.29, 0.717) is 35.8 Å². The number of benzene rings is 2. The summed E-state index contributed by atoms with van der Waals surface area (Å²) in [6.07, 6.45) is 2.44. The average molecular weight is 520 g/mol. The molecule has 0 aromatic heterocycles. The van der Waals surface area contributed by atoms with E-state index >= 15 is 0 Å². The monoisotopic (exact) mass is 519 g/mol. The van der Waals surface area contributed by atoms with Crippen LogP contribution in [0.25, 0.3) is 0 Å². The van der Waals surface area contributed by atoms with Crippen LogP contribution in [0, 0.1) is 17.2 Å². The van der Waals surface area contributed by atoms with Gasteiger partial charge < -0.3 is 25.4 Å². The summed E-state index contributed by atoms with van der Waals surface area (Å²) in [5, 5.41) is 46.8. The molecule has 1 spiro atoms. The van der Waals surface area contributed by atoms with Gasteiger partial charge in [-0.15, -0.1) is 0 Å². The molecule has 0 unspecified atom stereocenters. The van der Waals surface area contributed by atoms with Gasteiger partial charge in [0.05, 0.1) is 38.9 Å². The summed E-state index contributed by atoms with van der Waals surface area (Å²) in [6.45, 7) is 1.64. The van der Waals surface area contributed by atoms with Crippen molar-refractivity contribution in [3.8, 4) is 17.6 Å². The molecule has 4 atom stereocenters. The van der Waals surface area contributed by atoms with Crippen LogP contribution in [0.2, 0.25) is 5.02 Å². The number of carbonyl (C=O) groups excluding carboxylic acids is 1. The number of ether oxygens (including phenoxy) is 1. The fourth-order valence-corrected chi connectivity index (χ4v) is 7.48. The van der Waals surface area contributed by atoms with Gasteiger partial charge in [-0.2, -0.15) is 5.26 Å². The lowest BCUT2D eigenvalue weighted by Crippen LogP contribution is -2.75. The number of aliphatic hydroxyl groups excluding tert-OH is 1. The number of rotatable bonds is 4. The molecule has 2 aliphatic heterocycles. The average Bonchev–Trinajstić information content (AvgIpc) is 3.62. The molecule has 2 bridgehead atoms. The molecule has 3 aliphatic carbocycles. The smallest absolute Gasteiger partial charge is 0.255 e. The van der Waals surface area contributed by atoms with Crippen LogP contribution in [0.1, 0.15) is 42.4 Å². The Morgan fingerprint density at radius 1 is 1.27 bits per heavy atom. The highest BCUT2D eigenvalue weighted by Crippen LogP contribution is 2.66. The molecule has 2 fully saturated rings. The maximum Gasteiger partial charge on any atom is 0.255 e. The second-order valence-electron chi connectivity index (χ2n) is 11.1. The van der Waals surface area contributed by atoms with E-state index in [1.807, 2.05) is 12.1 Å². The summed E-state index contributed by atoms with van der Waals surface area (Å²) in [6, 6.07) is 9.78. The van der Waals surface area contributed by atoms with Gasteiger partial charge in [0.2, 0.25) is 0 Å². The van der Waals surface area contributed by atoms with Crippen LogP contribution in [-0.2, 0) is 16.6 Å². The van der Waals surface area contributed by atoms with Gasteiger partial charge in [0, 0.05) is 24.6 Å². The molecule has 0 radical (unpaired) electrons. The van der Waals surface area contributed by atoms with E-state index in [1.165, 1.54) is 25.0 Å². The van der Waals surface area contributed by atoms with Gasteiger partial charge in [-0.05, 0) is 68.0 Å². The van der Waals surface area contributed by atoms with Crippen molar-refractivity contribution < 1.29 is 24.9 Å². The molecule has 2 aromatic carbocycles. The number of hydrogen-bond acceptors (Lipinski definition) is 7. The Balaban J connectivity index is 1.34. The van der Waals surface area contributed by atoms with Crippen molar-refractivity contribution >= 4 is 23.2 Å². The second kappa shape index (κ2) is 7.64. The lowest BCUT2D eigenvalue weighted by Gasteiger charge is -2.62. The highest BCUT2D eigenvalue weighted by Gasteiger charge is 2.73. The number of phenolic OH excluding ortho intramolecular Hbond substituents is 1. The summed E-state index contributed by atoms with van der Waals surface area (Å²) >= 11 is 6.28. The number of piperidine rings is 1. The minimum Gasteiger partial charge on any atom is -0.508 e. The summed E-state index contributed by atoms with van der Waals surface area (Å²) in [5.74, 6) is 0.0581. The summed E-state index contributed by atoms with van der Waals surface area (Å²) in [5.41, 5.74) is 0.130. The van der Waals surface area contributed by atoms with Crippen molar-refractivity contribution in [2.45, 2.75) is 55.3 Å². The van der Waals surface area contributed by atoms with Crippen molar-refractivity contribution in [3.63, 3.8) is 0 Å². The zero-order chi connectivity index (χ0) is 25.7. The van der Waals surface area contributed by atoms with E-state index < -0.39 is 23.0 Å². The zero-order valence-electron chi connectivity index (χ0n) is 20.0. The SMILES string of the molecule is N#Cc1ccc(NC(=O)C2=C(O)[C@@H]3Oc4c(O)ccc5c4[C@@]34CCN(CC3CC3)[C@H](C5)[C@]4(O)C2)c(Cl)c1. The number of anilines is 1. The van der Waals surface area contributed by atoms with Crippen LogP contribution >= 0.6 is 11.6 Å². The number of aliphatic hydroxyl groups is 2. The molecule has 1 saturated carbocycles. The van der Waals surface area contributed by atoms with Crippen LogP contribution < -0.4 is 10.1 Å². The van der Waals surface area contributed by atoms with E-state index in [-0.39, 0.29) is 34.6 Å². The van der Waals surface area contributed by atoms with Crippen molar-refractivity contribution in [1.82, 2.24) is 4.90 Å². The third kappa shape index (κ3) is 2.99. The maximum atomic E-state index is 13.5. The Morgan fingerprint density at radius 3 is 2.81 bits per heavy atom. The summed E-state index contributed by atoms with van der Waals surface area (Å²) < 4.78 is 6.22. The van der Waals surface area contributed by atoms with E-state index in [1.54, 1.807) is 12.1 Å². The number of halogens is 1. The number of phenols is 1. The number of aromatic hydroxyl groups is 1. The van der Waals surface area contributed by atoms with Gasteiger partial charge in [0.1, 0.15) is 5.76 Å². The van der Waals surface area contributed by atoms with E-state index in [0.717, 1.165) is 24.2 Å². The van der Waals surface area contributed by atoms with Gasteiger partial charge in [-0.25, -0.2) is 0 Å². The topological polar surface area (TPSA) is 126 Å². The molecule has 1 saturated heterocycles. The first-order valence-electron chi connectivity index (χ1n) is 12.7. The molecule has 9 heteroatoms. The zero-order valence-corrected chi connectivity index (χ0v) is 20.8. The van der Waals surface area contributed by atoms with Crippen LogP contribution in [0.5, 0.6) is 11.5 Å². The van der Waals surface area contributed by atoms with Crippen LogP contribution in [0.3, 0.4) is 0 Å². The molecule has 4 N–H and O–H groups in total.